The zero-order chi connectivity index (χ0) is 13.0. The monoisotopic (exact) mass is 251 g/mol. The van der Waals surface area contributed by atoms with E-state index in [2.05, 4.69) is 5.10 Å². The van der Waals surface area contributed by atoms with Gasteiger partial charge in [-0.3, -0.25) is 10.1 Å². The first-order valence-corrected chi connectivity index (χ1v) is 5.39. The summed E-state index contributed by atoms with van der Waals surface area (Å²) < 4.78 is 11.9. The van der Waals surface area contributed by atoms with E-state index in [0.29, 0.717) is 19.9 Å². The summed E-state index contributed by atoms with van der Waals surface area (Å²) in [5, 5.41) is 15.5. The van der Waals surface area contributed by atoms with E-state index in [0.717, 1.165) is 10.9 Å². The molecule has 1 heterocycles. The molecule has 0 radical (unpaired) electrons. The quantitative estimate of drug-likeness (QED) is 0.442. The third kappa shape index (κ3) is 2.63. The van der Waals surface area contributed by atoms with Crippen molar-refractivity contribution in [1.29, 1.82) is 0 Å². The van der Waals surface area contributed by atoms with E-state index in [4.69, 9.17) is 9.47 Å². The van der Waals surface area contributed by atoms with Gasteiger partial charge in [0.05, 0.1) is 29.9 Å². The topological polar surface area (TPSA) is 79.4 Å². The van der Waals surface area contributed by atoms with E-state index in [1.165, 1.54) is 12.1 Å². The molecule has 7 heteroatoms. The van der Waals surface area contributed by atoms with E-state index in [1.54, 1.807) is 24.1 Å². The van der Waals surface area contributed by atoms with Gasteiger partial charge in [0.25, 0.3) is 5.69 Å². The molecule has 96 valence electrons. The van der Waals surface area contributed by atoms with Gasteiger partial charge in [-0.25, -0.2) is 4.68 Å². The van der Waals surface area contributed by atoms with Crippen molar-refractivity contribution >= 4 is 16.6 Å². The molecule has 0 N–H and O–H groups in total. The van der Waals surface area contributed by atoms with Crippen molar-refractivity contribution < 1.29 is 14.4 Å². The molecule has 7 nitrogen and oxygen atoms in total. The van der Waals surface area contributed by atoms with Crippen LogP contribution in [0.15, 0.2) is 24.4 Å². The molecule has 0 amide bonds. The molecule has 2 rings (SSSR count). The molecule has 0 unspecified atom stereocenters. The van der Waals surface area contributed by atoms with E-state index in [-0.39, 0.29) is 5.69 Å². The average molecular weight is 251 g/mol. The minimum absolute atomic E-state index is 0.0577. The molecular formula is C11H13N3O4. The Morgan fingerprint density at radius 3 is 3.00 bits per heavy atom. The lowest BCUT2D eigenvalue weighted by atomic mass is 10.2. The number of nitro groups is 1. The highest BCUT2D eigenvalue weighted by molar-refractivity contribution is 5.81. The molecule has 0 fully saturated rings. The maximum absolute atomic E-state index is 10.6. The molecule has 0 bridgehead atoms. The Labute approximate surface area is 103 Å². The number of hydrogen-bond donors (Lipinski definition) is 0. The van der Waals surface area contributed by atoms with E-state index >= 15 is 0 Å². The van der Waals surface area contributed by atoms with Crippen LogP contribution < -0.4 is 0 Å². The fraction of sp³-hybridized carbons (Fsp3) is 0.364. The van der Waals surface area contributed by atoms with Crippen LogP contribution in [0.5, 0.6) is 0 Å². The van der Waals surface area contributed by atoms with E-state index < -0.39 is 4.92 Å². The van der Waals surface area contributed by atoms with E-state index in [1.807, 2.05) is 0 Å². The van der Waals surface area contributed by atoms with Crippen LogP contribution >= 0.6 is 0 Å². The van der Waals surface area contributed by atoms with Crippen molar-refractivity contribution in [3.63, 3.8) is 0 Å². The van der Waals surface area contributed by atoms with Gasteiger partial charge in [0.1, 0.15) is 6.73 Å². The lowest BCUT2D eigenvalue weighted by Crippen LogP contribution is -2.08. The van der Waals surface area contributed by atoms with Gasteiger partial charge in [-0.2, -0.15) is 5.10 Å². The SMILES string of the molecule is COCCOCn1ncc2cc([N+](=O)[O-])ccc21. The van der Waals surface area contributed by atoms with Crippen LogP contribution in [0.3, 0.4) is 0 Å². The summed E-state index contributed by atoms with van der Waals surface area (Å²) in [5.74, 6) is 0. The Kier molecular flexibility index (Phi) is 3.85. The molecule has 0 spiro atoms. The van der Waals surface area contributed by atoms with Gasteiger partial charge in [0.15, 0.2) is 0 Å². The number of hydrogen-bond acceptors (Lipinski definition) is 5. The van der Waals surface area contributed by atoms with E-state index in [9.17, 15) is 10.1 Å². The second-order valence-electron chi connectivity index (χ2n) is 3.67. The number of benzene rings is 1. The summed E-state index contributed by atoms with van der Waals surface area (Å²) in [6, 6.07) is 4.61. The molecule has 2 aromatic rings. The molecule has 18 heavy (non-hydrogen) atoms. The van der Waals surface area contributed by atoms with Crippen LogP contribution in [-0.2, 0) is 16.2 Å². The minimum Gasteiger partial charge on any atom is -0.382 e. The smallest absolute Gasteiger partial charge is 0.270 e. The van der Waals surface area contributed by atoms with Gasteiger partial charge in [-0.15, -0.1) is 0 Å². The summed E-state index contributed by atoms with van der Waals surface area (Å²) in [4.78, 5) is 10.2. The first kappa shape index (κ1) is 12.5. The van der Waals surface area contributed by atoms with Crippen LogP contribution in [-0.4, -0.2) is 35.0 Å². The zero-order valence-corrected chi connectivity index (χ0v) is 9.91. The molecular weight excluding hydrogens is 238 g/mol. The summed E-state index contributed by atoms with van der Waals surface area (Å²) in [5.41, 5.74) is 0.861. The number of ether oxygens (including phenoxy) is 2. The highest BCUT2D eigenvalue weighted by Crippen LogP contribution is 2.20. The Morgan fingerprint density at radius 1 is 1.44 bits per heavy atom. The fourth-order valence-corrected chi connectivity index (χ4v) is 1.58. The van der Waals surface area contributed by atoms with Crippen molar-refractivity contribution in [3.8, 4) is 0 Å². The number of methoxy groups -OCH3 is 1. The Balaban J connectivity index is 2.13. The summed E-state index contributed by atoms with van der Waals surface area (Å²) in [6.07, 6.45) is 1.59. The molecule has 0 atom stereocenters. The highest BCUT2D eigenvalue weighted by Gasteiger charge is 2.09. The van der Waals surface area contributed by atoms with Crippen molar-refractivity contribution in [3.05, 3.63) is 34.5 Å². The third-order valence-corrected chi connectivity index (χ3v) is 2.48. The Bertz CT molecular complexity index is 552. The lowest BCUT2D eigenvalue weighted by molar-refractivity contribution is -0.384. The number of fused-ring (bicyclic) bond motifs is 1. The first-order valence-electron chi connectivity index (χ1n) is 5.39. The van der Waals surface area contributed by atoms with Crippen LogP contribution in [0.25, 0.3) is 10.9 Å². The van der Waals surface area contributed by atoms with Gasteiger partial charge in [0, 0.05) is 24.6 Å². The number of non-ortho nitro benzene ring substituents is 1. The third-order valence-electron chi connectivity index (χ3n) is 2.48. The van der Waals surface area contributed by atoms with Crippen LogP contribution in [0.2, 0.25) is 0 Å². The number of aromatic nitrogens is 2. The number of rotatable bonds is 6. The van der Waals surface area contributed by atoms with Crippen molar-refractivity contribution in [1.82, 2.24) is 9.78 Å². The molecule has 0 saturated carbocycles. The Hall–Kier alpha value is -1.99. The largest absolute Gasteiger partial charge is 0.382 e. The lowest BCUT2D eigenvalue weighted by Gasteiger charge is -2.04. The minimum atomic E-state index is -0.425. The normalized spacial score (nSPS) is 10.9. The first-order chi connectivity index (χ1) is 8.72. The highest BCUT2D eigenvalue weighted by atomic mass is 16.6. The average Bonchev–Trinajstić information content (AvgIpc) is 2.77. The second kappa shape index (κ2) is 5.56. The maximum atomic E-state index is 10.6. The molecule has 0 aliphatic rings. The van der Waals surface area contributed by atoms with Gasteiger partial charge >= 0.3 is 0 Å². The number of nitrogens with zero attached hydrogens (tertiary/aromatic N) is 3. The van der Waals surface area contributed by atoms with Gasteiger partial charge < -0.3 is 9.47 Å². The standard InChI is InChI=1S/C11H13N3O4/c1-17-4-5-18-8-13-11-3-2-10(14(15)16)6-9(11)7-12-13/h2-3,6-7H,4-5,8H2,1H3. The van der Waals surface area contributed by atoms with Crippen LogP contribution in [0, 0.1) is 10.1 Å². The summed E-state index contributed by atoms with van der Waals surface area (Å²) >= 11 is 0. The maximum Gasteiger partial charge on any atom is 0.270 e. The Morgan fingerprint density at radius 2 is 2.28 bits per heavy atom. The summed E-state index contributed by atoms with van der Waals surface area (Å²) in [7, 11) is 1.60. The predicted molar refractivity (Wildman–Crippen MR) is 64.2 cm³/mol. The summed E-state index contributed by atoms with van der Waals surface area (Å²) in [6.45, 7) is 1.29. The second-order valence-corrected chi connectivity index (χ2v) is 3.67. The molecule has 0 aliphatic carbocycles. The molecule has 0 saturated heterocycles. The fourth-order valence-electron chi connectivity index (χ4n) is 1.58. The van der Waals surface area contributed by atoms with Crippen LogP contribution in [0.1, 0.15) is 0 Å². The van der Waals surface area contributed by atoms with Crippen molar-refractivity contribution in [2.45, 2.75) is 6.73 Å². The predicted octanol–water partition coefficient (Wildman–Crippen LogP) is 1.56. The van der Waals surface area contributed by atoms with Gasteiger partial charge in [-0.05, 0) is 6.07 Å². The zero-order valence-electron chi connectivity index (χ0n) is 9.91. The van der Waals surface area contributed by atoms with Crippen LogP contribution in [0.4, 0.5) is 5.69 Å². The van der Waals surface area contributed by atoms with Crippen molar-refractivity contribution in [2.75, 3.05) is 20.3 Å². The molecule has 1 aromatic carbocycles. The molecule has 1 aromatic heterocycles. The van der Waals surface area contributed by atoms with Crippen molar-refractivity contribution in [2.24, 2.45) is 0 Å². The van der Waals surface area contributed by atoms with Gasteiger partial charge in [0.2, 0.25) is 0 Å². The molecule has 0 aliphatic heterocycles. The van der Waals surface area contributed by atoms with Gasteiger partial charge in [-0.1, -0.05) is 0 Å². The number of nitro benzene ring substituents is 1.